The molecule has 114 valence electrons. The van der Waals surface area contributed by atoms with Crippen LogP contribution in [0, 0.1) is 16.7 Å². The molecule has 0 radical (unpaired) electrons. The van der Waals surface area contributed by atoms with Gasteiger partial charge in [-0.15, -0.1) is 0 Å². The number of carbonyl (C=O) groups is 1. The minimum absolute atomic E-state index is 0.218. The van der Waals surface area contributed by atoms with Crippen LogP contribution in [0.2, 0.25) is 0 Å². The van der Waals surface area contributed by atoms with Crippen LogP contribution in [-0.2, 0) is 11.2 Å². The van der Waals surface area contributed by atoms with Crippen molar-refractivity contribution in [3.8, 4) is 0 Å². The van der Waals surface area contributed by atoms with Crippen LogP contribution < -0.4 is 4.90 Å². The zero-order chi connectivity index (χ0) is 15.6. The Labute approximate surface area is 136 Å². The Morgan fingerprint density at radius 1 is 1.19 bits per heavy atom. The molecule has 1 fully saturated rings. The molecule has 0 bridgehead atoms. The highest BCUT2D eigenvalue weighted by Gasteiger charge is 2.66. The molecule has 1 heterocycles. The molecular formula is C18H24BrNO. The maximum Gasteiger partial charge on any atom is 0.227 e. The standard InChI is InChI=1S/C18H24BrNO/c1-17(2)16(18(17,3)4)15(19)12-6-8-13-11(10-12)7-9-14(21)20(13)5/h6,8,10,15-16H,7,9H2,1-5H3. The Kier molecular flexibility index (Phi) is 3.29. The highest BCUT2D eigenvalue weighted by atomic mass is 79.9. The van der Waals surface area contributed by atoms with E-state index in [-0.39, 0.29) is 5.91 Å². The van der Waals surface area contributed by atoms with Crippen molar-refractivity contribution in [2.24, 2.45) is 16.7 Å². The lowest BCUT2D eigenvalue weighted by atomic mass is 9.95. The van der Waals surface area contributed by atoms with Crippen LogP contribution in [-0.4, -0.2) is 13.0 Å². The second-order valence-electron chi connectivity index (χ2n) is 7.66. The molecule has 1 aromatic rings. The van der Waals surface area contributed by atoms with E-state index in [1.54, 1.807) is 4.90 Å². The number of amides is 1. The second-order valence-corrected chi connectivity index (χ2v) is 8.65. The molecule has 0 aromatic heterocycles. The van der Waals surface area contributed by atoms with Gasteiger partial charge in [0.25, 0.3) is 0 Å². The van der Waals surface area contributed by atoms with Gasteiger partial charge in [-0.05, 0) is 40.4 Å². The first kappa shape index (κ1) is 15.1. The number of carbonyl (C=O) groups excluding carboxylic acids is 1. The van der Waals surface area contributed by atoms with Gasteiger partial charge in [0.2, 0.25) is 5.91 Å². The fourth-order valence-electron chi connectivity index (χ4n) is 4.02. The fourth-order valence-corrected chi connectivity index (χ4v) is 5.63. The Morgan fingerprint density at radius 2 is 1.81 bits per heavy atom. The number of hydrogen-bond donors (Lipinski definition) is 0. The minimum atomic E-state index is 0.218. The third-order valence-electron chi connectivity index (χ3n) is 6.19. The molecule has 1 aromatic carbocycles. The third kappa shape index (κ3) is 2.08. The molecule has 1 aliphatic heterocycles. The molecule has 3 heteroatoms. The van der Waals surface area contributed by atoms with Crippen LogP contribution in [0.5, 0.6) is 0 Å². The molecule has 1 aliphatic carbocycles. The number of aryl methyl sites for hydroxylation is 1. The molecular weight excluding hydrogens is 326 g/mol. The summed E-state index contributed by atoms with van der Waals surface area (Å²) in [6, 6.07) is 6.58. The monoisotopic (exact) mass is 349 g/mol. The molecule has 1 saturated carbocycles. The topological polar surface area (TPSA) is 20.3 Å². The lowest BCUT2D eigenvalue weighted by Gasteiger charge is -2.27. The molecule has 21 heavy (non-hydrogen) atoms. The summed E-state index contributed by atoms with van der Waals surface area (Å²) in [6.45, 7) is 9.43. The summed E-state index contributed by atoms with van der Waals surface area (Å²) in [5, 5.41) is 0. The van der Waals surface area contributed by atoms with E-state index in [2.05, 4.69) is 61.8 Å². The first-order valence-corrected chi connectivity index (χ1v) is 8.63. The van der Waals surface area contributed by atoms with Gasteiger partial charge in [0.05, 0.1) is 0 Å². The predicted molar refractivity (Wildman–Crippen MR) is 90.9 cm³/mol. The van der Waals surface area contributed by atoms with Crippen LogP contribution in [0.15, 0.2) is 18.2 Å². The van der Waals surface area contributed by atoms with Crippen LogP contribution in [0.1, 0.15) is 50.1 Å². The maximum absolute atomic E-state index is 11.8. The summed E-state index contributed by atoms with van der Waals surface area (Å²) in [7, 11) is 1.87. The van der Waals surface area contributed by atoms with Gasteiger partial charge < -0.3 is 4.90 Å². The minimum Gasteiger partial charge on any atom is -0.315 e. The van der Waals surface area contributed by atoms with E-state index < -0.39 is 0 Å². The number of halogens is 1. The van der Waals surface area contributed by atoms with E-state index >= 15 is 0 Å². The average molecular weight is 350 g/mol. The summed E-state index contributed by atoms with van der Waals surface area (Å²) < 4.78 is 0. The van der Waals surface area contributed by atoms with E-state index in [4.69, 9.17) is 0 Å². The molecule has 0 N–H and O–H groups in total. The molecule has 1 atom stereocenters. The zero-order valence-electron chi connectivity index (χ0n) is 13.5. The van der Waals surface area contributed by atoms with Gasteiger partial charge in [0, 0.05) is 24.0 Å². The second kappa shape index (κ2) is 4.58. The molecule has 0 saturated heterocycles. The lowest BCUT2D eigenvalue weighted by Crippen LogP contribution is -2.31. The van der Waals surface area contributed by atoms with Crippen molar-refractivity contribution in [2.45, 2.75) is 45.4 Å². The first-order valence-electron chi connectivity index (χ1n) is 7.71. The summed E-state index contributed by atoms with van der Waals surface area (Å²) in [6.07, 6.45) is 1.49. The lowest BCUT2D eigenvalue weighted by molar-refractivity contribution is -0.118. The zero-order valence-corrected chi connectivity index (χ0v) is 15.1. The van der Waals surface area contributed by atoms with Crippen molar-refractivity contribution >= 4 is 27.5 Å². The summed E-state index contributed by atoms with van der Waals surface area (Å²) in [5.74, 6) is 0.862. The highest BCUT2D eigenvalue weighted by Crippen LogP contribution is 2.74. The first-order chi connectivity index (χ1) is 9.68. The van der Waals surface area contributed by atoms with Crippen LogP contribution in [0.4, 0.5) is 5.69 Å². The molecule has 1 amide bonds. The number of alkyl halides is 1. The normalized spacial score (nSPS) is 24.7. The van der Waals surface area contributed by atoms with Gasteiger partial charge in [-0.3, -0.25) is 4.79 Å². The summed E-state index contributed by atoms with van der Waals surface area (Å²) in [4.78, 5) is 14.0. The van der Waals surface area contributed by atoms with Crippen molar-refractivity contribution < 1.29 is 4.79 Å². The van der Waals surface area contributed by atoms with Gasteiger partial charge in [0.15, 0.2) is 0 Å². The van der Waals surface area contributed by atoms with E-state index in [9.17, 15) is 4.79 Å². The summed E-state index contributed by atoms with van der Waals surface area (Å²) in [5.41, 5.74) is 4.45. The molecule has 2 nitrogen and oxygen atoms in total. The number of benzene rings is 1. The van der Waals surface area contributed by atoms with Crippen LogP contribution in [0.3, 0.4) is 0 Å². The number of hydrogen-bond acceptors (Lipinski definition) is 1. The summed E-state index contributed by atoms with van der Waals surface area (Å²) >= 11 is 3.94. The van der Waals surface area contributed by atoms with Gasteiger partial charge in [-0.1, -0.05) is 55.8 Å². The average Bonchev–Trinajstić information content (AvgIpc) is 2.83. The van der Waals surface area contributed by atoms with Gasteiger partial charge >= 0.3 is 0 Å². The van der Waals surface area contributed by atoms with Crippen molar-refractivity contribution in [1.82, 2.24) is 0 Å². The third-order valence-corrected chi connectivity index (χ3v) is 7.25. The molecule has 1 unspecified atom stereocenters. The smallest absolute Gasteiger partial charge is 0.227 e. The number of rotatable bonds is 2. The number of fused-ring (bicyclic) bond motifs is 1. The van der Waals surface area contributed by atoms with Gasteiger partial charge in [-0.25, -0.2) is 0 Å². The maximum atomic E-state index is 11.8. The van der Waals surface area contributed by atoms with E-state index in [0.717, 1.165) is 12.1 Å². The number of nitrogens with zero attached hydrogens (tertiary/aromatic N) is 1. The van der Waals surface area contributed by atoms with Crippen molar-refractivity contribution in [1.29, 1.82) is 0 Å². The fraction of sp³-hybridized carbons (Fsp3) is 0.611. The Morgan fingerprint density at radius 3 is 2.38 bits per heavy atom. The van der Waals surface area contributed by atoms with Gasteiger partial charge in [-0.2, -0.15) is 0 Å². The van der Waals surface area contributed by atoms with Crippen molar-refractivity contribution in [3.63, 3.8) is 0 Å². The van der Waals surface area contributed by atoms with E-state index in [1.807, 2.05) is 7.05 Å². The SMILES string of the molecule is CN1C(=O)CCc2cc(C(Br)C3C(C)(C)C3(C)C)ccc21. The van der Waals surface area contributed by atoms with Gasteiger partial charge in [0.1, 0.15) is 0 Å². The Balaban J connectivity index is 1.90. The van der Waals surface area contributed by atoms with Crippen LogP contribution >= 0.6 is 15.9 Å². The van der Waals surface area contributed by atoms with Crippen molar-refractivity contribution in [2.75, 3.05) is 11.9 Å². The quantitative estimate of drug-likeness (QED) is 0.707. The predicted octanol–water partition coefficient (Wildman–Crippen LogP) is 4.71. The largest absolute Gasteiger partial charge is 0.315 e. The Hall–Kier alpha value is -0.830. The number of anilines is 1. The molecule has 0 spiro atoms. The van der Waals surface area contributed by atoms with Crippen LogP contribution in [0.25, 0.3) is 0 Å². The molecule has 3 rings (SSSR count). The Bertz CT molecular complexity index is 591. The van der Waals surface area contributed by atoms with E-state index in [1.165, 1.54) is 11.1 Å². The highest BCUT2D eigenvalue weighted by molar-refractivity contribution is 9.09. The van der Waals surface area contributed by atoms with E-state index in [0.29, 0.717) is 28.0 Å². The molecule has 2 aliphatic rings. The van der Waals surface area contributed by atoms with Crippen molar-refractivity contribution in [3.05, 3.63) is 29.3 Å².